The largest absolute Gasteiger partial charge is 0.338 e. The van der Waals surface area contributed by atoms with Crippen molar-refractivity contribution in [3.8, 4) is 0 Å². The smallest absolute Gasteiger partial charge is 0.243 e. The highest BCUT2D eigenvalue weighted by Crippen LogP contribution is 2.32. The zero-order valence-electron chi connectivity index (χ0n) is 12.0. The lowest BCUT2D eigenvalue weighted by molar-refractivity contribution is 0.255. The molecule has 5 heteroatoms. The van der Waals surface area contributed by atoms with Gasteiger partial charge in [0.1, 0.15) is 0 Å². The van der Waals surface area contributed by atoms with Gasteiger partial charge in [0.2, 0.25) is 5.89 Å². The quantitative estimate of drug-likeness (QED) is 0.930. The molecule has 0 radical (unpaired) electrons. The van der Waals surface area contributed by atoms with Gasteiger partial charge in [-0.25, -0.2) is 0 Å². The van der Waals surface area contributed by atoms with Gasteiger partial charge in [-0.15, -0.1) is 0 Å². The minimum absolute atomic E-state index is 0.128. The van der Waals surface area contributed by atoms with Crippen LogP contribution in [0.5, 0.6) is 0 Å². The van der Waals surface area contributed by atoms with Gasteiger partial charge in [0.05, 0.1) is 6.04 Å². The fraction of sp³-hybridized carbons (Fsp3) is 0.500. The summed E-state index contributed by atoms with van der Waals surface area (Å²) in [5, 5.41) is 4.78. The Balaban J connectivity index is 1.66. The molecule has 0 aliphatic heterocycles. The molecule has 1 aliphatic carbocycles. The molecule has 0 saturated heterocycles. The van der Waals surface area contributed by atoms with E-state index in [4.69, 9.17) is 21.9 Å². The average Bonchev–Trinajstić information content (AvgIpc) is 2.98. The maximum Gasteiger partial charge on any atom is 0.243 e. The highest BCUT2D eigenvalue weighted by molar-refractivity contribution is 6.30. The molecule has 21 heavy (non-hydrogen) atoms. The fourth-order valence-electron chi connectivity index (χ4n) is 2.95. The molecule has 1 heterocycles. The molecule has 1 aromatic heterocycles. The zero-order valence-corrected chi connectivity index (χ0v) is 12.7. The molecule has 1 aliphatic rings. The van der Waals surface area contributed by atoms with Crippen LogP contribution < -0.4 is 5.73 Å². The molecule has 1 unspecified atom stereocenters. The maximum atomic E-state index is 6.28. The highest BCUT2D eigenvalue weighted by Gasteiger charge is 2.26. The molecule has 1 saturated carbocycles. The number of hydrogen-bond acceptors (Lipinski definition) is 4. The number of halogens is 1. The molecule has 0 bridgehead atoms. The van der Waals surface area contributed by atoms with E-state index < -0.39 is 0 Å². The van der Waals surface area contributed by atoms with Gasteiger partial charge in [-0.2, -0.15) is 4.98 Å². The van der Waals surface area contributed by atoms with Crippen molar-refractivity contribution in [3.05, 3.63) is 46.6 Å². The minimum Gasteiger partial charge on any atom is -0.338 e. The van der Waals surface area contributed by atoms with Crippen LogP contribution >= 0.6 is 11.6 Å². The van der Waals surface area contributed by atoms with Gasteiger partial charge in [-0.1, -0.05) is 48.2 Å². The minimum atomic E-state index is -0.128. The van der Waals surface area contributed by atoms with E-state index in [0.717, 1.165) is 23.4 Å². The van der Waals surface area contributed by atoms with Crippen molar-refractivity contribution in [1.29, 1.82) is 0 Å². The molecule has 0 spiro atoms. The Morgan fingerprint density at radius 2 is 1.90 bits per heavy atom. The predicted octanol–water partition coefficient (Wildman–Crippen LogP) is 3.89. The maximum absolute atomic E-state index is 6.28. The molecule has 2 N–H and O–H groups in total. The third kappa shape index (κ3) is 3.63. The Morgan fingerprint density at radius 1 is 1.19 bits per heavy atom. The summed E-state index contributed by atoms with van der Waals surface area (Å²) in [5.74, 6) is 1.73. The standard InChI is InChI=1S/C16H20ClN3O/c17-13-8-6-11(7-9-13)10-14-19-16(21-20-14)15(18)12-4-2-1-3-5-12/h6-9,12,15H,1-5,10,18H2. The third-order valence-electron chi connectivity index (χ3n) is 4.20. The van der Waals surface area contributed by atoms with Gasteiger partial charge >= 0.3 is 0 Å². The Kier molecular flexibility index (Phi) is 4.56. The van der Waals surface area contributed by atoms with E-state index in [1.807, 2.05) is 24.3 Å². The van der Waals surface area contributed by atoms with E-state index in [9.17, 15) is 0 Å². The summed E-state index contributed by atoms with van der Waals surface area (Å²) >= 11 is 5.88. The van der Waals surface area contributed by atoms with Crippen LogP contribution in [0.25, 0.3) is 0 Å². The molecule has 0 amide bonds. The van der Waals surface area contributed by atoms with Crippen molar-refractivity contribution in [2.24, 2.45) is 11.7 Å². The van der Waals surface area contributed by atoms with Crippen molar-refractivity contribution in [1.82, 2.24) is 10.1 Å². The van der Waals surface area contributed by atoms with Crippen LogP contribution in [-0.2, 0) is 6.42 Å². The number of nitrogens with zero attached hydrogens (tertiary/aromatic N) is 2. The Hall–Kier alpha value is -1.39. The van der Waals surface area contributed by atoms with E-state index in [1.54, 1.807) is 0 Å². The van der Waals surface area contributed by atoms with E-state index in [2.05, 4.69) is 10.1 Å². The second kappa shape index (κ2) is 6.58. The Labute approximate surface area is 129 Å². The van der Waals surface area contributed by atoms with Crippen LogP contribution in [0.1, 0.15) is 55.4 Å². The van der Waals surface area contributed by atoms with Crippen molar-refractivity contribution < 1.29 is 4.52 Å². The first-order valence-electron chi connectivity index (χ1n) is 7.55. The molecule has 1 fully saturated rings. The normalized spacial score (nSPS) is 17.8. The van der Waals surface area contributed by atoms with E-state index in [1.165, 1.54) is 19.3 Å². The Morgan fingerprint density at radius 3 is 2.62 bits per heavy atom. The molecule has 3 rings (SSSR count). The van der Waals surface area contributed by atoms with Gasteiger partial charge in [-0.05, 0) is 36.5 Å². The number of rotatable bonds is 4. The van der Waals surface area contributed by atoms with Crippen molar-refractivity contribution in [3.63, 3.8) is 0 Å². The average molecular weight is 306 g/mol. The summed E-state index contributed by atoms with van der Waals surface area (Å²) in [5.41, 5.74) is 7.39. The van der Waals surface area contributed by atoms with Gasteiger partial charge in [-0.3, -0.25) is 0 Å². The van der Waals surface area contributed by atoms with Gasteiger partial charge in [0, 0.05) is 11.4 Å². The second-order valence-corrected chi connectivity index (χ2v) is 6.21. The fourth-order valence-corrected chi connectivity index (χ4v) is 3.08. The van der Waals surface area contributed by atoms with Crippen LogP contribution in [0, 0.1) is 5.92 Å². The van der Waals surface area contributed by atoms with Crippen molar-refractivity contribution >= 4 is 11.6 Å². The second-order valence-electron chi connectivity index (χ2n) is 5.78. The van der Waals surface area contributed by atoms with E-state index in [-0.39, 0.29) is 6.04 Å². The van der Waals surface area contributed by atoms with Crippen LogP contribution in [0.15, 0.2) is 28.8 Å². The molecular formula is C16H20ClN3O. The summed E-state index contributed by atoms with van der Waals surface area (Å²) in [6, 6.07) is 7.55. The summed E-state index contributed by atoms with van der Waals surface area (Å²) in [7, 11) is 0. The van der Waals surface area contributed by atoms with Gasteiger partial charge < -0.3 is 10.3 Å². The SMILES string of the molecule is NC(c1nc(Cc2ccc(Cl)cc2)no1)C1CCCCC1. The zero-order chi connectivity index (χ0) is 14.7. The lowest BCUT2D eigenvalue weighted by Gasteiger charge is -2.24. The number of nitrogens with two attached hydrogens (primary N) is 1. The number of aromatic nitrogens is 2. The number of benzene rings is 1. The molecule has 112 valence electrons. The molecule has 2 aromatic rings. The van der Waals surface area contributed by atoms with Crippen molar-refractivity contribution in [2.75, 3.05) is 0 Å². The van der Waals surface area contributed by atoms with Gasteiger partial charge in [0.15, 0.2) is 5.82 Å². The van der Waals surface area contributed by atoms with Crippen LogP contribution in [0.3, 0.4) is 0 Å². The first kappa shape index (κ1) is 14.5. The summed E-state index contributed by atoms with van der Waals surface area (Å²) in [4.78, 5) is 4.47. The van der Waals surface area contributed by atoms with Gasteiger partial charge in [0.25, 0.3) is 0 Å². The molecule has 1 aromatic carbocycles. The summed E-state index contributed by atoms with van der Waals surface area (Å²) < 4.78 is 5.36. The van der Waals surface area contributed by atoms with Crippen LogP contribution in [0.4, 0.5) is 0 Å². The topological polar surface area (TPSA) is 64.9 Å². The Bertz CT molecular complexity index is 575. The first-order valence-corrected chi connectivity index (χ1v) is 7.92. The van der Waals surface area contributed by atoms with E-state index >= 15 is 0 Å². The predicted molar refractivity (Wildman–Crippen MR) is 82.1 cm³/mol. The lowest BCUT2D eigenvalue weighted by atomic mass is 9.84. The molecule has 1 atom stereocenters. The molecular weight excluding hydrogens is 286 g/mol. The van der Waals surface area contributed by atoms with Crippen molar-refractivity contribution in [2.45, 2.75) is 44.6 Å². The number of hydrogen-bond donors (Lipinski definition) is 1. The monoisotopic (exact) mass is 305 g/mol. The summed E-state index contributed by atoms with van der Waals surface area (Å²) in [6.07, 6.45) is 6.79. The van der Waals surface area contributed by atoms with Crippen LogP contribution in [-0.4, -0.2) is 10.1 Å². The van der Waals surface area contributed by atoms with Crippen LogP contribution in [0.2, 0.25) is 5.02 Å². The highest BCUT2D eigenvalue weighted by atomic mass is 35.5. The van der Waals surface area contributed by atoms with E-state index in [0.29, 0.717) is 24.1 Å². The third-order valence-corrected chi connectivity index (χ3v) is 4.45. The molecule has 4 nitrogen and oxygen atoms in total. The lowest BCUT2D eigenvalue weighted by Crippen LogP contribution is -2.23. The first-order chi connectivity index (χ1) is 10.2. The summed E-state index contributed by atoms with van der Waals surface area (Å²) in [6.45, 7) is 0.